The molecule has 0 saturated carbocycles. The van der Waals surface area contributed by atoms with Crippen molar-refractivity contribution in [1.29, 1.82) is 0 Å². The standard InChI is InChI=1S/C13H17NO4/c1-16-11-8-14(9-4-2-7-18-12(9)11)13(15)10-5-3-6-17-10/h3,5-6,9,11-12H,2,4,7-8H2,1H3/t9-,11+,12+/m0/s1. The molecule has 1 aromatic rings. The lowest BCUT2D eigenvalue weighted by atomic mass is 10.0. The second-order valence-electron chi connectivity index (χ2n) is 4.75. The average Bonchev–Trinajstić information content (AvgIpc) is 3.05. The van der Waals surface area contributed by atoms with Gasteiger partial charge in [-0.15, -0.1) is 0 Å². The molecule has 5 heteroatoms. The monoisotopic (exact) mass is 251 g/mol. The summed E-state index contributed by atoms with van der Waals surface area (Å²) >= 11 is 0. The number of rotatable bonds is 2. The van der Waals surface area contributed by atoms with Crippen molar-refractivity contribution in [3.63, 3.8) is 0 Å². The van der Waals surface area contributed by atoms with Gasteiger partial charge in [0.25, 0.3) is 5.91 Å². The van der Waals surface area contributed by atoms with Crippen LogP contribution in [0.1, 0.15) is 23.4 Å². The first kappa shape index (κ1) is 11.7. The van der Waals surface area contributed by atoms with E-state index in [1.54, 1.807) is 19.2 Å². The second kappa shape index (κ2) is 4.74. The van der Waals surface area contributed by atoms with Crippen molar-refractivity contribution in [2.24, 2.45) is 0 Å². The maximum Gasteiger partial charge on any atom is 0.289 e. The van der Waals surface area contributed by atoms with Gasteiger partial charge in [-0.25, -0.2) is 0 Å². The number of ether oxygens (including phenoxy) is 2. The fourth-order valence-corrected chi connectivity index (χ4v) is 2.89. The zero-order valence-corrected chi connectivity index (χ0v) is 10.4. The van der Waals surface area contributed by atoms with Crippen LogP contribution in [0.15, 0.2) is 22.8 Å². The van der Waals surface area contributed by atoms with E-state index in [1.807, 2.05) is 4.90 Å². The predicted molar refractivity (Wildman–Crippen MR) is 63.3 cm³/mol. The van der Waals surface area contributed by atoms with Crippen LogP contribution in [0.25, 0.3) is 0 Å². The molecule has 0 radical (unpaired) electrons. The Morgan fingerprint density at radius 2 is 2.44 bits per heavy atom. The first-order chi connectivity index (χ1) is 8.81. The molecule has 0 spiro atoms. The summed E-state index contributed by atoms with van der Waals surface area (Å²) in [4.78, 5) is 14.2. The van der Waals surface area contributed by atoms with E-state index >= 15 is 0 Å². The van der Waals surface area contributed by atoms with E-state index in [1.165, 1.54) is 6.26 Å². The highest BCUT2D eigenvalue weighted by molar-refractivity contribution is 5.92. The van der Waals surface area contributed by atoms with Crippen LogP contribution in [-0.2, 0) is 9.47 Å². The third-order valence-electron chi connectivity index (χ3n) is 3.77. The lowest BCUT2D eigenvalue weighted by Crippen LogP contribution is -2.43. The summed E-state index contributed by atoms with van der Waals surface area (Å²) in [5, 5.41) is 0. The Bertz CT molecular complexity index is 417. The molecule has 2 aliphatic heterocycles. The smallest absolute Gasteiger partial charge is 0.289 e. The van der Waals surface area contributed by atoms with Crippen molar-refractivity contribution in [3.05, 3.63) is 24.2 Å². The number of hydrogen-bond acceptors (Lipinski definition) is 4. The fourth-order valence-electron chi connectivity index (χ4n) is 2.89. The molecule has 3 heterocycles. The number of hydrogen-bond donors (Lipinski definition) is 0. The van der Waals surface area contributed by atoms with Crippen molar-refractivity contribution >= 4 is 5.91 Å². The number of furan rings is 1. The Morgan fingerprint density at radius 1 is 1.56 bits per heavy atom. The van der Waals surface area contributed by atoms with Crippen LogP contribution in [0.2, 0.25) is 0 Å². The molecule has 2 fully saturated rings. The summed E-state index contributed by atoms with van der Waals surface area (Å²) < 4.78 is 16.4. The van der Waals surface area contributed by atoms with Crippen molar-refractivity contribution in [2.75, 3.05) is 20.3 Å². The minimum atomic E-state index is -0.0694. The Balaban J connectivity index is 1.82. The molecule has 1 aromatic heterocycles. The van der Waals surface area contributed by atoms with Gasteiger partial charge >= 0.3 is 0 Å². The Kier molecular flexibility index (Phi) is 3.09. The van der Waals surface area contributed by atoms with E-state index in [9.17, 15) is 4.79 Å². The average molecular weight is 251 g/mol. The zero-order valence-electron chi connectivity index (χ0n) is 10.4. The fraction of sp³-hybridized carbons (Fsp3) is 0.615. The van der Waals surface area contributed by atoms with Crippen molar-refractivity contribution in [3.8, 4) is 0 Å². The van der Waals surface area contributed by atoms with Gasteiger partial charge in [0.2, 0.25) is 0 Å². The Hall–Kier alpha value is -1.33. The van der Waals surface area contributed by atoms with Gasteiger partial charge in [-0.05, 0) is 25.0 Å². The quantitative estimate of drug-likeness (QED) is 0.795. The maximum absolute atomic E-state index is 12.3. The first-order valence-electron chi connectivity index (χ1n) is 6.30. The van der Waals surface area contributed by atoms with Gasteiger partial charge in [0.15, 0.2) is 5.76 Å². The van der Waals surface area contributed by atoms with Crippen LogP contribution in [0, 0.1) is 0 Å². The lowest BCUT2D eigenvalue weighted by molar-refractivity contribution is -0.0640. The molecule has 2 aliphatic rings. The van der Waals surface area contributed by atoms with E-state index < -0.39 is 0 Å². The van der Waals surface area contributed by atoms with Gasteiger partial charge < -0.3 is 18.8 Å². The summed E-state index contributed by atoms with van der Waals surface area (Å²) in [7, 11) is 1.67. The second-order valence-corrected chi connectivity index (χ2v) is 4.75. The topological polar surface area (TPSA) is 51.9 Å². The molecule has 5 nitrogen and oxygen atoms in total. The minimum absolute atomic E-state index is 0.00247. The van der Waals surface area contributed by atoms with Crippen LogP contribution in [-0.4, -0.2) is 49.3 Å². The maximum atomic E-state index is 12.3. The molecular formula is C13H17NO4. The highest BCUT2D eigenvalue weighted by Crippen LogP contribution is 2.31. The molecule has 0 aliphatic carbocycles. The lowest BCUT2D eigenvalue weighted by Gasteiger charge is -2.31. The molecular weight excluding hydrogens is 234 g/mol. The molecule has 2 saturated heterocycles. The summed E-state index contributed by atoms with van der Waals surface area (Å²) in [6.07, 6.45) is 3.44. The first-order valence-corrected chi connectivity index (χ1v) is 6.30. The van der Waals surface area contributed by atoms with Gasteiger partial charge in [0.05, 0.1) is 18.8 Å². The van der Waals surface area contributed by atoms with Crippen LogP contribution in [0.3, 0.4) is 0 Å². The summed E-state index contributed by atoms with van der Waals surface area (Å²) in [5.41, 5.74) is 0. The molecule has 0 unspecified atom stereocenters. The number of fused-ring (bicyclic) bond motifs is 1. The normalized spacial score (nSPS) is 31.4. The number of carbonyl (C=O) groups is 1. The van der Waals surface area contributed by atoms with Gasteiger partial charge in [0, 0.05) is 13.7 Å². The molecule has 1 amide bonds. The number of methoxy groups -OCH3 is 1. The Morgan fingerprint density at radius 3 is 3.17 bits per heavy atom. The third kappa shape index (κ3) is 1.83. The molecule has 3 atom stereocenters. The van der Waals surface area contributed by atoms with Crippen LogP contribution in [0.5, 0.6) is 0 Å². The molecule has 18 heavy (non-hydrogen) atoms. The van der Waals surface area contributed by atoms with E-state index in [-0.39, 0.29) is 24.2 Å². The number of nitrogens with zero attached hydrogens (tertiary/aromatic N) is 1. The predicted octanol–water partition coefficient (Wildman–Crippen LogP) is 1.30. The molecule has 98 valence electrons. The summed E-state index contributed by atoms with van der Waals surface area (Å²) in [6.45, 7) is 1.33. The third-order valence-corrected chi connectivity index (χ3v) is 3.77. The van der Waals surface area contributed by atoms with E-state index in [2.05, 4.69) is 0 Å². The van der Waals surface area contributed by atoms with E-state index in [0.717, 1.165) is 19.4 Å². The van der Waals surface area contributed by atoms with Crippen molar-refractivity contribution in [1.82, 2.24) is 4.90 Å². The van der Waals surface area contributed by atoms with Gasteiger partial charge in [-0.3, -0.25) is 4.79 Å². The molecule has 3 rings (SSSR count). The summed E-state index contributed by atoms with van der Waals surface area (Å²) in [5.74, 6) is 0.316. The minimum Gasteiger partial charge on any atom is -0.459 e. The number of amides is 1. The number of likely N-dealkylation sites (tertiary alicyclic amines) is 1. The highest BCUT2D eigenvalue weighted by Gasteiger charge is 2.46. The van der Waals surface area contributed by atoms with E-state index in [0.29, 0.717) is 12.3 Å². The van der Waals surface area contributed by atoms with Gasteiger partial charge in [-0.2, -0.15) is 0 Å². The Labute approximate surface area is 106 Å². The van der Waals surface area contributed by atoms with E-state index in [4.69, 9.17) is 13.9 Å². The molecule has 0 aromatic carbocycles. The molecule has 0 N–H and O–H groups in total. The number of carbonyl (C=O) groups excluding carboxylic acids is 1. The zero-order chi connectivity index (χ0) is 12.5. The van der Waals surface area contributed by atoms with Gasteiger partial charge in [-0.1, -0.05) is 0 Å². The highest BCUT2D eigenvalue weighted by atomic mass is 16.5. The van der Waals surface area contributed by atoms with Crippen molar-refractivity contribution < 1.29 is 18.7 Å². The van der Waals surface area contributed by atoms with Crippen LogP contribution >= 0.6 is 0 Å². The largest absolute Gasteiger partial charge is 0.459 e. The van der Waals surface area contributed by atoms with Crippen molar-refractivity contribution in [2.45, 2.75) is 31.1 Å². The molecule has 0 bridgehead atoms. The van der Waals surface area contributed by atoms with Gasteiger partial charge in [0.1, 0.15) is 12.2 Å². The van der Waals surface area contributed by atoms with Crippen LogP contribution < -0.4 is 0 Å². The van der Waals surface area contributed by atoms with Crippen LogP contribution in [0.4, 0.5) is 0 Å². The summed E-state index contributed by atoms with van der Waals surface area (Å²) in [6, 6.07) is 3.54. The SMILES string of the molecule is CO[C@@H]1CN(C(=O)c2ccco2)[C@H]2CCCO[C@@H]12.